The van der Waals surface area contributed by atoms with E-state index < -0.39 is 0 Å². The van der Waals surface area contributed by atoms with Gasteiger partial charge in [-0.2, -0.15) is 0 Å². The molecule has 0 atom stereocenters. The van der Waals surface area contributed by atoms with E-state index in [9.17, 15) is 0 Å². The summed E-state index contributed by atoms with van der Waals surface area (Å²) in [6.07, 6.45) is 0. The molecular formula is C21H19ClN2OS. The van der Waals surface area contributed by atoms with Crippen molar-refractivity contribution >= 4 is 40.3 Å². The third kappa shape index (κ3) is 4.54. The standard InChI is InChI=1S/C21H19ClN2OS/c1-25-20-13-12-17(22)14-19(20)23-21(26)24(18-10-6-3-7-11-18)15-16-8-4-2-5-9-16/h2-14H,15H2,1H3,(H,23,26). The summed E-state index contributed by atoms with van der Waals surface area (Å²) >= 11 is 11.8. The maximum Gasteiger partial charge on any atom is 0.178 e. The van der Waals surface area contributed by atoms with Gasteiger partial charge in [0.05, 0.1) is 19.3 Å². The molecule has 0 unspecified atom stereocenters. The fraction of sp³-hybridized carbons (Fsp3) is 0.0952. The lowest BCUT2D eigenvalue weighted by molar-refractivity contribution is 0.417. The van der Waals surface area contributed by atoms with Crippen molar-refractivity contribution in [3.05, 3.63) is 89.4 Å². The van der Waals surface area contributed by atoms with Crippen LogP contribution in [0, 0.1) is 0 Å². The molecule has 0 heterocycles. The van der Waals surface area contributed by atoms with Crippen LogP contribution in [0.25, 0.3) is 0 Å². The molecule has 26 heavy (non-hydrogen) atoms. The van der Waals surface area contributed by atoms with Crippen molar-refractivity contribution in [2.75, 3.05) is 17.3 Å². The molecule has 0 saturated carbocycles. The monoisotopic (exact) mass is 382 g/mol. The molecule has 3 aromatic carbocycles. The summed E-state index contributed by atoms with van der Waals surface area (Å²) in [6.45, 7) is 0.652. The Morgan fingerprint density at radius 1 is 1.00 bits per heavy atom. The molecule has 0 aliphatic rings. The number of thiocarbonyl (C=S) groups is 1. The number of benzene rings is 3. The Balaban J connectivity index is 1.89. The molecule has 3 nitrogen and oxygen atoms in total. The number of ether oxygens (including phenoxy) is 1. The highest BCUT2D eigenvalue weighted by atomic mass is 35.5. The van der Waals surface area contributed by atoms with Gasteiger partial charge in [-0.15, -0.1) is 0 Å². The number of nitrogens with one attached hydrogen (secondary N) is 1. The molecule has 0 aromatic heterocycles. The minimum atomic E-state index is 0.570. The van der Waals surface area contributed by atoms with Crippen molar-refractivity contribution in [1.29, 1.82) is 0 Å². The molecule has 0 spiro atoms. The maximum absolute atomic E-state index is 6.13. The Morgan fingerprint density at radius 2 is 1.65 bits per heavy atom. The van der Waals surface area contributed by atoms with Crippen molar-refractivity contribution in [3.63, 3.8) is 0 Å². The molecule has 132 valence electrons. The topological polar surface area (TPSA) is 24.5 Å². The van der Waals surface area contributed by atoms with Gasteiger partial charge in [-0.3, -0.25) is 0 Å². The number of hydrogen-bond acceptors (Lipinski definition) is 2. The van der Waals surface area contributed by atoms with Gasteiger partial charge in [-0.05, 0) is 48.1 Å². The molecule has 0 fully saturated rings. The first-order valence-electron chi connectivity index (χ1n) is 8.18. The van der Waals surface area contributed by atoms with Crippen LogP contribution in [0.3, 0.4) is 0 Å². The molecular weight excluding hydrogens is 364 g/mol. The highest BCUT2D eigenvalue weighted by Crippen LogP contribution is 2.29. The Bertz CT molecular complexity index is 872. The van der Waals surface area contributed by atoms with Gasteiger partial charge in [0.1, 0.15) is 5.75 Å². The molecule has 0 aliphatic carbocycles. The lowest BCUT2D eigenvalue weighted by Gasteiger charge is -2.26. The number of methoxy groups -OCH3 is 1. The average molecular weight is 383 g/mol. The molecule has 5 heteroatoms. The zero-order chi connectivity index (χ0) is 18.4. The lowest BCUT2D eigenvalue weighted by atomic mass is 10.2. The van der Waals surface area contributed by atoms with E-state index in [0.29, 0.717) is 22.4 Å². The fourth-order valence-electron chi connectivity index (χ4n) is 2.61. The summed E-state index contributed by atoms with van der Waals surface area (Å²) in [5, 5.41) is 4.46. The first kappa shape index (κ1) is 18.2. The van der Waals surface area contributed by atoms with Crippen LogP contribution >= 0.6 is 23.8 Å². The summed E-state index contributed by atoms with van der Waals surface area (Å²) in [4.78, 5) is 2.05. The number of para-hydroxylation sites is 1. The van der Waals surface area contributed by atoms with Gasteiger partial charge in [0.15, 0.2) is 5.11 Å². The third-order valence-electron chi connectivity index (χ3n) is 3.90. The molecule has 0 saturated heterocycles. The van der Waals surface area contributed by atoms with Crippen LogP contribution < -0.4 is 15.0 Å². The Hall–Kier alpha value is -2.56. The summed E-state index contributed by atoms with van der Waals surface area (Å²) in [5.41, 5.74) is 2.91. The number of anilines is 2. The van der Waals surface area contributed by atoms with Gasteiger partial charge in [-0.25, -0.2) is 0 Å². The number of rotatable bonds is 5. The lowest BCUT2D eigenvalue weighted by Crippen LogP contribution is -2.34. The first-order valence-corrected chi connectivity index (χ1v) is 8.97. The van der Waals surface area contributed by atoms with Crippen molar-refractivity contribution in [3.8, 4) is 5.75 Å². The van der Waals surface area contributed by atoms with Gasteiger partial charge in [-0.1, -0.05) is 60.1 Å². The third-order valence-corrected chi connectivity index (χ3v) is 4.46. The minimum absolute atomic E-state index is 0.570. The van der Waals surface area contributed by atoms with Crippen molar-refractivity contribution in [1.82, 2.24) is 0 Å². The zero-order valence-electron chi connectivity index (χ0n) is 14.4. The van der Waals surface area contributed by atoms with Crippen molar-refractivity contribution < 1.29 is 4.74 Å². The van der Waals surface area contributed by atoms with Gasteiger partial charge in [0, 0.05) is 10.7 Å². The number of halogens is 1. The van der Waals surface area contributed by atoms with Crippen LogP contribution in [-0.4, -0.2) is 12.2 Å². The van der Waals surface area contributed by atoms with Gasteiger partial charge in [0.25, 0.3) is 0 Å². The molecule has 3 aromatic rings. The summed E-state index contributed by atoms with van der Waals surface area (Å²) in [7, 11) is 1.62. The van der Waals surface area contributed by atoms with Crippen LogP contribution in [0.4, 0.5) is 11.4 Å². The van der Waals surface area contributed by atoms with Gasteiger partial charge >= 0.3 is 0 Å². The van der Waals surface area contributed by atoms with E-state index in [1.54, 1.807) is 19.2 Å². The molecule has 0 amide bonds. The number of nitrogens with zero attached hydrogens (tertiary/aromatic N) is 1. The van der Waals surface area contributed by atoms with Crippen LogP contribution in [-0.2, 0) is 6.54 Å². The largest absolute Gasteiger partial charge is 0.495 e. The molecule has 0 aliphatic heterocycles. The van der Waals surface area contributed by atoms with Gasteiger partial charge in [0.2, 0.25) is 0 Å². The Labute approximate surface area is 164 Å². The van der Waals surface area contributed by atoms with E-state index in [-0.39, 0.29) is 0 Å². The van der Waals surface area contributed by atoms with Crippen molar-refractivity contribution in [2.45, 2.75) is 6.54 Å². The summed E-state index contributed by atoms with van der Waals surface area (Å²) < 4.78 is 5.41. The minimum Gasteiger partial charge on any atom is -0.495 e. The second-order valence-corrected chi connectivity index (χ2v) is 6.51. The van der Waals surface area contributed by atoms with E-state index in [0.717, 1.165) is 11.4 Å². The summed E-state index contributed by atoms with van der Waals surface area (Å²) in [5.74, 6) is 0.685. The zero-order valence-corrected chi connectivity index (χ0v) is 15.9. The second-order valence-electron chi connectivity index (χ2n) is 5.68. The smallest absolute Gasteiger partial charge is 0.178 e. The van der Waals surface area contributed by atoms with E-state index in [1.165, 1.54) is 5.56 Å². The predicted molar refractivity (Wildman–Crippen MR) is 113 cm³/mol. The second kappa shape index (κ2) is 8.70. The normalized spacial score (nSPS) is 10.2. The Morgan fingerprint density at radius 3 is 2.31 bits per heavy atom. The highest BCUT2D eigenvalue weighted by molar-refractivity contribution is 7.80. The Kier molecular flexibility index (Phi) is 6.10. The van der Waals surface area contributed by atoms with E-state index >= 15 is 0 Å². The van der Waals surface area contributed by atoms with Crippen molar-refractivity contribution in [2.24, 2.45) is 0 Å². The molecule has 3 rings (SSSR count). The quantitative estimate of drug-likeness (QED) is 0.567. The van der Waals surface area contributed by atoms with Crippen LogP contribution in [0.1, 0.15) is 5.56 Å². The van der Waals surface area contributed by atoms with E-state index in [2.05, 4.69) is 17.4 Å². The number of hydrogen-bond donors (Lipinski definition) is 1. The summed E-state index contributed by atoms with van der Waals surface area (Å²) in [6, 6.07) is 25.7. The van der Waals surface area contributed by atoms with E-state index in [4.69, 9.17) is 28.6 Å². The maximum atomic E-state index is 6.13. The molecule has 1 N–H and O–H groups in total. The molecule has 0 radical (unpaired) electrons. The van der Waals surface area contributed by atoms with Gasteiger partial charge < -0.3 is 15.0 Å². The predicted octanol–water partition coefficient (Wildman–Crippen LogP) is 5.75. The fourth-order valence-corrected chi connectivity index (χ4v) is 3.07. The SMILES string of the molecule is COc1ccc(Cl)cc1NC(=S)N(Cc1ccccc1)c1ccccc1. The highest BCUT2D eigenvalue weighted by Gasteiger charge is 2.15. The first-order chi connectivity index (χ1) is 12.7. The van der Waals surface area contributed by atoms with Crippen LogP contribution in [0.5, 0.6) is 5.75 Å². The van der Waals surface area contributed by atoms with Crippen LogP contribution in [0.15, 0.2) is 78.9 Å². The molecule has 0 bridgehead atoms. The van der Waals surface area contributed by atoms with E-state index in [1.807, 2.05) is 59.5 Å². The average Bonchev–Trinajstić information content (AvgIpc) is 2.68. The van der Waals surface area contributed by atoms with Crippen LogP contribution in [0.2, 0.25) is 5.02 Å².